The fraction of sp³-hybridized carbons (Fsp3) is 0.792. The molecular weight excluding hydrogens is 430 g/mol. The minimum atomic E-state index is -2.03. The molecule has 1 N–H and O–H groups in total. The van der Waals surface area contributed by atoms with Gasteiger partial charge in [0.05, 0.1) is 11.7 Å². The van der Waals surface area contributed by atoms with Crippen molar-refractivity contribution in [3.05, 3.63) is 27.5 Å². The topological polar surface area (TPSA) is 60.8 Å². The Morgan fingerprint density at radius 3 is 2.39 bits per heavy atom. The molecule has 5 nitrogen and oxygen atoms in total. The molecule has 0 bridgehead atoms. The maximum absolute atomic E-state index is 10.9. The average molecular weight is 466 g/mol. The molecule has 3 heterocycles. The van der Waals surface area contributed by atoms with Gasteiger partial charge in [0.2, 0.25) is 0 Å². The van der Waals surface area contributed by atoms with Gasteiger partial charge in [-0.2, -0.15) is 0 Å². The third-order valence-corrected chi connectivity index (χ3v) is 13.6. The predicted octanol–water partition coefficient (Wildman–Crippen LogP) is 5.94. The van der Waals surface area contributed by atoms with E-state index in [2.05, 4.69) is 33.9 Å². The smallest absolute Gasteiger partial charge is 0.192 e. The van der Waals surface area contributed by atoms with Gasteiger partial charge in [-0.3, -0.25) is 0 Å². The van der Waals surface area contributed by atoms with Gasteiger partial charge in [-0.1, -0.05) is 38.8 Å². The van der Waals surface area contributed by atoms with Gasteiger partial charge in [0.15, 0.2) is 14.6 Å². The molecule has 4 aliphatic rings. The summed E-state index contributed by atoms with van der Waals surface area (Å²) in [5, 5.41) is 11.4. The zero-order chi connectivity index (χ0) is 22.2. The van der Waals surface area contributed by atoms with E-state index in [-0.39, 0.29) is 16.6 Å². The minimum absolute atomic E-state index is 0.0166. The Bertz CT molecular complexity index is 887. The van der Waals surface area contributed by atoms with Crippen molar-refractivity contribution in [1.29, 1.82) is 0 Å². The van der Waals surface area contributed by atoms with E-state index in [1.54, 1.807) is 0 Å². The lowest BCUT2D eigenvalue weighted by atomic mass is 9.59. The molecule has 2 aliphatic carbocycles. The largest absolute Gasteiger partial charge is 0.410 e. The first-order valence-electron chi connectivity index (χ1n) is 11.8. The molecule has 1 saturated heterocycles. The van der Waals surface area contributed by atoms with Crippen molar-refractivity contribution in [3.63, 3.8) is 0 Å². The number of hydrogen-bond donors (Lipinski definition) is 1. The molecule has 2 spiro atoms. The summed E-state index contributed by atoms with van der Waals surface area (Å²) < 4.78 is 19.0. The van der Waals surface area contributed by atoms with E-state index >= 15 is 0 Å². The van der Waals surface area contributed by atoms with E-state index < -0.39 is 20.2 Å². The molecule has 1 aromatic rings. The maximum atomic E-state index is 10.9. The van der Waals surface area contributed by atoms with Crippen molar-refractivity contribution in [2.24, 2.45) is 5.41 Å². The Hall–Kier alpha value is -0.503. The molecule has 5 rings (SSSR count). The summed E-state index contributed by atoms with van der Waals surface area (Å²) in [5.41, 5.74) is 3.70. The zero-order valence-electron chi connectivity index (χ0n) is 19.5. The standard InChI is InChI=1S/C24H36ClNO4Si/c1-22(2,3)31(4,5)30-16-14-23(7-6-8-23)13-15-17(16)19-18(20(25)26-15)21(27)29-24(19)9-11-28-12-10-24/h16,21,27H,6-14H2,1-5H3. The van der Waals surface area contributed by atoms with Gasteiger partial charge in [0.1, 0.15) is 10.8 Å². The Kier molecular flexibility index (Phi) is 5.21. The first-order chi connectivity index (χ1) is 14.5. The molecule has 2 atom stereocenters. The summed E-state index contributed by atoms with van der Waals surface area (Å²) >= 11 is 6.70. The van der Waals surface area contributed by atoms with Crippen LogP contribution >= 0.6 is 11.6 Å². The minimum Gasteiger partial charge on any atom is -0.410 e. The predicted molar refractivity (Wildman–Crippen MR) is 123 cm³/mol. The molecular formula is C24H36ClNO4Si. The van der Waals surface area contributed by atoms with Crippen LogP contribution in [0.4, 0.5) is 0 Å². The van der Waals surface area contributed by atoms with Crippen LogP contribution in [0.2, 0.25) is 23.3 Å². The third-order valence-electron chi connectivity index (χ3n) is 8.79. The number of hydrogen-bond acceptors (Lipinski definition) is 5. The van der Waals surface area contributed by atoms with Crippen molar-refractivity contribution in [2.75, 3.05) is 13.2 Å². The van der Waals surface area contributed by atoms with Crippen LogP contribution in [0.5, 0.6) is 0 Å². The Morgan fingerprint density at radius 1 is 1.13 bits per heavy atom. The SMILES string of the molecule is CC(C)(C)[Si](C)(C)OC1CC2(CCC2)Cc2nc(Cl)c3c(c21)C1(CCOCC1)OC3O. The van der Waals surface area contributed by atoms with E-state index in [4.69, 9.17) is 30.5 Å². The molecule has 2 unspecified atom stereocenters. The molecule has 0 amide bonds. The zero-order valence-corrected chi connectivity index (χ0v) is 21.3. The fourth-order valence-electron chi connectivity index (χ4n) is 5.84. The summed E-state index contributed by atoms with van der Waals surface area (Å²) in [5.74, 6) is 0. The highest BCUT2D eigenvalue weighted by molar-refractivity contribution is 6.74. The molecule has 1 aromatic heterocycles. The normalized spacial score (nSPS) is 29.0. The van der Waals surface area contributed by atoms with Gasteiger partial charge >= 0.3 is 0 Å². The van der Waals surface area contributed by atoms with Crippen molar-refractivity contribution >= 4 is 19.9 Å². The highest BCUT2D eigenvalue weighted by Gasteiger charge is 2.54. The summed E-state index contributed by atoms with van der Waals surface area (Å²) in [4.78, 5) is 4.86. The molecule has 7 heteroatoms. The lowest BCUT2D eigenvalue weighted by molar-refractivity contribution is -0.199. The van der Waals surface area contributed by atoms with Crippen LogP contribution in [0.15, 0.2) is 0 Å². The third kappa shape index (κ3) is 3.44. The molecule has 0 aromatic carbocycles. The van der Waals surface area contributed by atoms with Crippen molar-refractivity contribution in [2.45, 2.75) is 102 Å². The van der Waals surface area contributed by atoms with E-state index in [0.29, 0.717) is 23.9 Å². The summed E-state index contributed by atoms with van der Waals surface area (Å²) in [6.45, 7) is 12.8. The Labute approximate surface area is 192 Å². The quantitative estimate of drug-likeness (QED) is 0.432. The Balaban J connectivity index is 1.68. The van der Waals surface area contributed by atoms with Crippen LogP contribution in [-0.4, -0.2) is 31.6 Å². The van der Waals surface area contributed by atoms with Crippen LogP contribution < -0.4 is 0 Å². The highest BCUT2D eigenvalue weighted by Crippen LogP contribution is 2.60. The van der Waals surface area contributed by atoms with E-state index in [0.717, 1.165) is 36.9 Å². The number of aliphatic hydroxyl groups excluding tert-OH is 1. The number of aromatic nitrogens is 1. The van der Waals surface area contributed by atoms with Crippen LogP contribution in [-0.2, 0) is 25.9 Å². The van der Waals surface area contributed by atoms with E-state index in [1.165, 1.54) is 24.8 Å². The molecule has 31 heavy (non-hydrogen) atoms. The van der Waals surface area contributed by atoms with Gasteiger partial charge < -0.3 is 19.0 Å². The number of aliphatic hydroxyl groups is 1. The molecule has 1 saturated carbocycles. The fourth-order valence-corrected chi connectivity index (χ4v) is 7.40. The second-order valence-corrected chi connectivity index (χ2v) is 16.8. The van der Waals surface area contributed by atoms with Crippen LogP contribution in [0, 0.1) is 5.41 Å². The van der Waals surface area contributed by atoms with Gasteiger partial charge in [0.25, 0.3) is 0 Å². The van der Waals surface area contributed by atoms with Gasteiger partial charge in [-0.15, -0.1) is 0 Å². The molecule has 172 valence electrons. The average Bonchev–Trinajstić information content (AvgIpc) is 2.91. The first-order valence-corrected chi connectivity index (χ1v) is 15.1. The summed E-state index contributed by atoms with van der Waals surface area (Å²) in [6.07, 6.45) is 6.13. The summed E-state index contributed by atoms with van der Waals surface area (Å²) in [7, 11) is -2.03. The van der Waals surface area contributed by atoms with Gasteiger partial charge in [-0.25, -0.2) is 4.98 Å². The van der Waals surface area contributed by atoms with E-state index in [9.17, 15) is 5.11 Å². The number of halogens is 1. The summed E-state index contributed by atoms with van der Waals surface area (Å²) in [6, 6.07) is 0. The van der Waals surface area contributed by atoms with Crippen LogP contribution in [0.25, 0.3) is 0 Å². The first kappa shape index (κ1) is 22.3. The van der Waals surface area contributed by atoms with Gasteiger partial charge in [0, 0.05) is 42.9 Å². The van der Waals surface area contributed by atoms with Crippen molar-refractivity contribution in [1.82, 2.24) is 4.98 Å². The van der Waals surface area contributed by atoms with Crippen LogP contribution in [0.3, 0.4) is 0 Å². The number of nitrogens with zero attached hydrogens (tertiary/aromatic N) is 1. The Morgan fingerprint density at radius 2 is 1.81 bits per heavy atom. The number of ether oxygens (including phenoxy) is 2. The second kappa shape index (κ2) is 7.25. The van der Waals surface area contributed by atoms with Crippen molar-refractivity contribution < 1.29 is 19.0 Å². The van der Waals surface area contributed by atoms with Crippen molar-refractivity contribution in [3.8, 4) is 0 Å². The second-order valence-electron chi connectivity index (χ2n) is 11.7. The number of fused-ring (bicyclic) bond motifs is 4. The van der Waals surface area contributed by atoms with Gasteiger partial charge in [-0.05, 0) is 49.2 Å². The monoisotopic (exact) mass is 465 g/mol. The van der Waals surface area contributed by atoms with E-state index in [1.807, 2.05) is 0 Å². The lowest BCUT2D eigenvalue weighted by Crippen LogP contribution is -2.46. The molecule has 2 fully saturated rings. The molecule has 0 radical (unpaired) electrons. The maximum Gasteiger partial charge on any atom is 0.192 e. The highest BCUT2D eigenvalue weighted by atomic mass is 35.5. The van der Waals surface area contributed by atoms with Crippen LogP contribution in [0.1, 0.15) is 94.1 Å². The number of pyridine rings is 1. The molecule has 2 aliphatic heterocycles. The number of rotatable bonds is 2. The lowest BCUT2D eigenvalue weighted by Gasteiger charge is -2.51.